The second kappa shape index (κ2) is 7.41. The molecule has 1 N–H and O–H groups in total. The molecule has 3 aromatic rings. The highest BCUT2D eigenvalue weighted by molar-refractivity contribution is 5.90. The quantitative estimate of drug-likeness (QED) is 0.713. The van der Waals surface area contributed by atoms with E-state index in [2.05, 4.69) is 43.6 Å². The first-order chi connectivity index (χ1) is 13.2. The standard InChI is InChI=1S/C20H19N5O2/c1-27-19(26)15-7-4-9-16(12-15)22-20-23-18(13-21-24-20)25-11-5-8-14-6-2-3-10-17(14)25/h2-4,6-7,9-10,12-13H,5,8,11H2,1H3,(H,22,23,24). The Morgan fingerprint density at radius 1 is 1.19 bits per heavy atom. The average Bonchev–Trinajstić information content (AvgIpc) is 2.73. The summed E-state index contributed by atoms with van der Waals surface area (Å²) in [7, 11) is 1.36. The number of aromatic nitrogens is 3. The van der Waals surface area contributed by atoms with Gasteiger partial charge in [-0.3, -0.25) is 0 Å². The predicted molar refractivity (Wildman–Crippen MR) is 103 cm³/mol. The van der Waals surface area contributed by atoms with E-state index in [9.17, 15) is 4.79 Å². The number of fused-ring (bicyclic) bond motifs is 1. The Labute approximate surface area is 157 Å². The van der Waals surface area contributed by atoms with Crippen LogP contribution in [0.2, 0.25) is 0 Å². The van der Waals surface area contributed by atoms with Gasteiger partial charge < -0.3 is 15.0 Å². The maximum Gasteiger partial charge on any atom is 0.337 e. The van der Waals surface area contributed by atoms with Gasteiger partial charge in [0.15, 0.2) is 5.82 Å². The first kappa shape index (κ1) is 17.0. The van der Waals surface area contributed by atoms with Crippen LogP contribution in [0.15, 0.2) is 54.7 Å². The van der Waals surface area contributed by atoms with E-state index in [1.54, 1.807) is 24.4 Å². The van der Waals surface area contributed by atoms with E-state index in [0.29, 0.717) is 17.2 Å². The molecule has 7 nitrogen and oxygen atoms in total. The maximum absolute atomic E-state index is 11.7. The average molecular weight is 361 g/mol. The number of carbonyl (C=O) groups is 1. The molecular weight excluding hydrogens is 342 g/mol. The molecule has 0 aliphatic carbocycles. The van der Waals surface area contributed by atoms with E-state index in [1.165, 1.54) is 12.7 Å². The fourth-order valence-electron chi connectivity index (χ4n) is 3.22. The van der Waals surface area contributed by atoms with Crippen molar-refractivity contribution >= 4 is 29.1 Å². The van der Waals surface area contributed by atoms with Gasteiger partial charge in [-0.15, -0.1) is 5.10 Å². The van der Waals surface area contributed by atoms with Crippen molar-refractivity contribution in [1.29, 1.82) is 0 Å². The number of hydrogen-bond donors (Lipinski definition) is 1. The summed E-state index contributed by atoms with van der Waals surface area (Å²) in [5.74, 6) is 0.720. The minimum Gasteiger partial charge on any atom is -0.465 e. The molecule has 0 amide bonds. The Kier molecular flexibility index (Phi) is 4.65. The maximum atomic E-state index is 11.7. The van der Waals surface area contributed by atoms with Crippen molar-refractivity contribution in [3.63, 3.8) is 0 Å². The van der Waals surface area contributed by atoms with E-state index in [0.717, 1.165) is 30.9 Å². The van der Waals surface area contributed by atoms with Gasteiger partial charge in [0.1, 0.15) is 0 Å². The lowest BCUT2D eigenvalue weighted by atomic mass is 10.0. The second-order valence-corrected chi connectivity index (χ2v) is 6.22. The van der Waals surface area contributed by atoms with E-state index < -0.39 is 5.97 Å². The molecule has 2 aromatic carbocycles. The summed E-state index contributed by atoms with van der Waals surface area (Å²) in [6.07, 6.45) is 3.79. The zero-order chi connectivity index (χ0) is 18.6. The number of ether oxygens (including phenoxy) is 1. The van der Waals surface area contributed by atoms with Crippen LogP contribution in [0.5, 0.6) is 0 Å². The van der Waals surface area contributed by atoms with Crippen LogP contribution in [0, 0.1) is 0 Å². The number of anilines is 4. The normalized spacial score (nSPS) is 13.0. The minimum atomic E-state index is -0.392. The molecule has 0 saturated heterocycles. The number of methoxy groups -OCH3 is 1. The number of aryl methyl sites for hydroxylation is 1. The zero-order valence-corrected chi connectivity index (χ0v) is 14.9. The van der Waals surface area contributed by atoms with Crippen molar-refractivity contribution in [3.05, 3.63) is 65.9 Å². The summed E-state index contributed by atoms with van der Waals surface area (Å²) >= 11 is 0. The van der Waals surface area contributed by atoms with Gasteiger partial charge in [0.25, 0.3) is 0 Å². The lowest BCUT2D eigenvalue weighted by molar-refractivity contribution is 0.0601. The Morgan fingerprint density at radius 3 is 2.96 bits per heavy atom. The number of nitrogens with zero attached hydrogens (tertiary/aromatic N) is 4. The van der Waals surface area contributed by atoms with Gasteiger partial charge in [-0.25, -0.2) is 4.79 Å². The monoisotopic (exact) mass is 361 g/mol. The molecule has 0 radical (unpaired) electrons. The fraction of sp³-hybridized carbons (Fsp3) is 0.200. The molecule has 7 heteroatoms. The number of rotatable bonds is 4. The zero-order valence-electron chi connectivity index (χ0n) is 14.9. The van der Waals surface area contributed by atoms with Crippen LogP contribution in [0.4, 0.5) is 23.1 Å². The Bertz CT molecular complexity index is 976. The van der Waals surface area contributed by atoms with Crippen LogP contribution >= 0.6 is 0 Å². The highest BCUT2D eigenvalue weighted by Gasteiger charge is 2.19. The third-order valence-corrected chi connectivity index (χ3v) is 4.47. The van der Waals surface area contributed by atoms with Crippen molar-refractivity contribution in [3.8, 4) is 0 Å². The molecule has 4 rings (SSSR count). The van der Waals surface area contributed by atoms with Crippen molar-refractivity contribution < 1.29 is 9.53 Å². The Morgan fingerprint density at radius 2 is 2.07 bits per heavy atom. The molecule has 0 unspecified atom stereocenters. The van der Waals surface area contributed by atoms with Gasteiger partial charge in [-0.1, -0.05) is 24.3 Å². The van der Waals surface area contributed by atoms with Crippen molar-refractivity contribution in [2.45, 2.75) is 12.8 Å². The molecule has 136 valence electrons. The van der Waals surface area contributed by atoms with Crippen LogP contribution < -0.4 is 10.2 Å². The molecule has 0 fully saturated rings. The first-order valence-corrected chi connectivity index (χ1v) is 8.75. The van der Waals surface area contributed by atoms with Gasteiger partial charge in [0, 0.05) is 17.9 Å². The van der Waals surface area contributed by atoms with Gasteiger partial charge in [-0.05, 0) is 42.7 Å². The topological polar surface area (TPSA) is 80.2 Å². The summed E-state index contributed by atoms with van der Waals surface area (Å²) in [6.45, 7) is 0.882. The third kappa shape index (κ3) is 3.57. The molecule has 0 bridgehead atoms. The van der Waals surface area contributed by atoms with E-state index >= 15 is 0 Å². The second-order valence-electron chi connectivity index (χ2n) is 6.22. The van der Waals surface area contributed by atoms with Gasteiger partial charge >= 0.3 is 5.97 Å². The molecule has 1 aliphatic rings. The van der Waals surface area contributed by atoms with Crippen molar-refractivity contribution in [2.24, 2.45) is 0 Å². The Hall–Kier alpha value is -3.48. The van der Waals surface area contributed by atoms with E-state index in [1.807, 2.05) is 12.1 Å². The van der Waals surface area contributed by atoms with Crippen LogP contribution in [0.25, 0.3) is 0 Å². The van der Waals surface area contributed by atoms with Crippen LogP contribution in [-0.2, 0) is 11.2 Å². The Balaban J connectivity index is 1.60. The highest BCUT2D eigenvalue weighted by atomic mass is 16.5. The summed E-state index contributed by atoms with van der Waals surface area (Å²) < 4.78 is 4.76. The predicted octanol–water partition coefficient (Wildman–Crippen LogP) is 3.49. The van der Waals surface area contributed by atoms with Crippen molar-refractivity contribution in [1.82, 2.24) is 15.2 Å². The highest BCUT2D eigenvalue weighted by Crippen LogP contribution is 2.32. The smallest absolute Gasteiger partial charge is 0.337 e. The van der Waals surface area contributed by atoms with Crippen LogP contribution in [0.1, 0.15) is 22.3 Å². The van der Waals surface area contributed by atoms with Gasteiger partial charge in [0.05, 0.1) is 18.9 Å². The van der Waals surface area contributed by atoms with E-state index in [4.69, 9.17) is 4.74 Å². The van der Waals surface area contributed by atoms with E-state index in [-0.39, 0.29) is 0 Å². The SMILES string of the molecule is COC(=O)c1cccc(Nc2nncc(N3CCCc4ccccc43)n2)c1. The molecular formula is C20H19N5O2. The number of para-hydroxylation sites is 1. The fourth-order valence-corrected chi connectivity index (χ4v) is 3.22. The van der Waals surface area contributed by atoms with Gasteiger partial charge in [-0.2, -0.15) is 10.1 Å². The summed E-state index contributed by atoms with van der Waals surface area (Å²) in [5.41, 5.74) is 3.61. The third-order valence-electron chi connectivity index (χ3n) is 4.47. The van der Waals surface area contributed by atoms with Crippen LogP contribution in [-0.4, -0.2) is 34.8 Å². The lowest BCUT2D eigenvalue weighted by Crippen LogP contribution is -2.25. The lowest BCUT2D eigenvalue weighted by Gasteiger charge is -2.30. The molecule has 2 heterocycles. The number of carbonyl (C=O) groups excluding carboxylic acids is 1. The summed E-state index contributed by atoms with van der Waals surface area (Å²) in [6, 6.07) is 15.3. The number of benzene rings is 2. The van der Waals surface area contributed by atoms with Crippen molar-refractivity contribution in [2.75, 3.05) is 23.9 Å². The molecule has 0 saturated carbocycles. The minimum absolute atomic E-state index is 0.373. The molecule has 1 aromatic heterocycles. The molecule has 27 heavy (non-hydrogen) atoms. The molecule has 1 aliphatic heterocycles. The number of hydrogen-bond acceptors (Lipinski definition) is 7. The van der Waals surface area contributed by atoms with Crippen LogP contribution in [0.3, 0.4) is 0 Å². The first-order valence-electron chi connectivity index (χ1n) is 8.75. The summed E-state index contributed by atoms with van der Waals surface area (Å²) in [4.78, 5) is 18.5. The van der Waals surface area contributed by atoms with Gasteiger partial charge in [0.2, 0.25) is 5.95 Å². The summed E-state index contributed by atoms with van der Waals surface area (Å²) in [5, 5.41) is 11.3. The number of nitrogens with one attached hydrogen (secondary N) is 1. The largest absolute Gasteiger partial charge is 0.465 e. The number of esters is 1. The molecule has 0 atom stereocenters. The molecule has 0 spiro atoms.